The van der Waals surface area contributed by atoms with E-state index in [-0.39, 0.29) is 17.7 Å². The molecule has 3 N–H and O–H groups in total. The van der Waals surface area contributed by atoms with Crippen LogP contribution in [0.25, 0.3) is 11.3 Å². The van der Waals surface area contributed by atoms with E-state index < -0.39 is 0 Å². The highest BCUT2D eigenvalue weighted by Gasteiger charge is 2.56. The molecule has 0 unspecified atom stereocenters. The number of hydrogen-bond acceptors (Lipinski definition) is 5. The van der Waals surface area contributed by atoms with Crippen LogP contribution in [0.1, 0.15) is 42.5 Å². The summed E-state index contributed by atoms with van der Waals surface area (Å²) in [6.45, 7) is 2.12. The fourth-order valence-electron chi connectivity index (χ4n) is 4.50. The van der Waals surface area contributed by atoms with Crippen molar-refractivity contribution in [2.45, 2.75) is 43.9 Å². The maximum absolute atomic E-state index is 12.3. The molecular weight excluding hydrogens is 354 g/mol. The van der Waals surface area contributed by atoms with E-state index in [4.69, 9.17) is 14.8 Å². The Labute approximate surface area is 163 Å². The molecule has 7 heteroatoms. The van der Waals surface area contributed by atoms with Gasteiger partial charge in [0.05, 0.1) is 11.1 Å². The predicted octanol–water partition coefficient (Wildman–Crippen LogP) is 1.93. The minimum absolute atomic E-state index is 0.175. The van der Waals surface area contributed by atoms with Crippen LogP contribution >= 0.6 is 0 Å². The molecule has 0 bridgehead atoms. The number of nitrogens with one attached hydrogen (secondary N) is 1. The van der Waals surface area contributed by atoms with Crippen molar-refractivity contribution >= 4 is 24.0 Å². The van der Waals surface area contributed by atoms with Crippen molar-refractivity contribution in [3.8, 4) is 11.3 Å². The second-order valence-electron chi connectivity index (χ2n) is 7.92. The van der Waals surface area contributed by atoms with E-state index in [2.05, 4.69) is 34.1 Å². The molecule has 3 heterocycles. The molecule has 1 spiro atoms. The summed E-state index contributed by atoms with van der Waals surface area (Å²) in [4.78, 5) is 32.9. The number of hydrogen-bond donors (Lipinski definition) is 2. The first-order valence-corrected chi connectivity index (χ1v) is 9.93. The first-order valence-electron chi connectivity index (χ1n) is 9.93. The topological polar surface area (TPSA) is 101 Å². The summed E-state index contributed by atoms with van der Waals surface area (Å²) < 4.78 is 0. The van der Waals surface area contributed by atoms with E-state index in [9.17, 15) is 4.79 Å². The van der Waals surface area contributed by atoms with E-state index in [0.29, 0.717) is 0 Å². The molecule has 2 aliphatic carbocycles. The van der Waals surface area contributed by atoms with Gasteiger partial charge >= 0.3 is 0 Å². The Morgan fingerprint density at radius 2 is 1.93 bits per heavy atom. The van der Waals surface area contributed by atoms with Crippen LogP contribution < -0.4 is 16.0 Å². The summed E-state index contributed by atoms with van der Waals surface area (Å²) in [5.41, 5.74) is 10.8. The molecule has 1 aromatic carbocycles. The lowest BCUT2D eigenvalue weighted by Gasteiger charge is -2.31. The molecule has 4 aliphatic rings. The van der Waals surface area contributed by atoms with Gasteiger partial charge in [-0.25, -0.2) is 9.97 Å². The van der Waals surface area contributed by atoms with Crippen LogP contribution in [-0.2, 0) is 27.8 Å². The van der Waals surface area contributed by atoms with Crippen molar-refractivity contribution in [3.05, 3.63) is 35.0 Å². The molecule has 2 aliphatic heterocycles. The van der Waals surface area contributed by atoms with Crippen LogP contribution in [0.3, 0.4) is 0 Å². The number of anilines is 2. The van der Waals surface area contributed by atoms with Gasteiger partial charge in [0.1, 0.15) is 0 Å². The SMILES string of the molecule is NC=O.O=C1Nc2ccc(-c3nc(N4CCC4)nc4c3CCC4)cc2C12CC2. The van der Waals surface area contributed by atoms with Gasteiger partial charge in [0, 0.05) is 35.6 Å². The molecule has 1 aromatic heterocycles. The van der Waals surface area contributed by atoms with Crippen LogP contribution in [0.15, 0.2) is 18.2 Å². The Balaban J connectivity index is 0.000000538. The highest BCUT2D eigenvalue weighted by Crippen LogP contribution is 2.55. The van der Waals surface area contributed by atoms with Crippen molar-refractivity contribution in [1.29, 1.82) is 0 Å². The Morgan fingerprint density at radius 1 is 1.14 bits per heavy atom. The third-order valence-electron chi connectivity index (χ3n) is 6.30. The third-order valence-corrected chi connectivity index (χ3v) is 6.30. The molecule has 2 aromatic rings. The van der Waals surface area contributed by atoms with E-state index >= 15 is 0 Å². The molecule has 1 saturated heterocycles. The molecule has 0 atom stereocenters. The van der Waals surface area contributed by atoms with Gasteiger partial charge in [0.2, 0.25) is 18.3 Å². The summed E-state index contributed by atoms with van der Waals surface area (Å²) >= 11 is 0. The van der Waals surface area contributed by atoms with E-state index in [1.54, 1.807) is 0 Å². The second-order valence-corrected chi connectivity index (χ2v) is 7.92. The zero-order valence-electron chi connectivity index (χ0n) is 15.7. The van der Waals surface area contributed by atoms with Crippen LogP contribution in [0.5, 0.6) is 0 Å². The number of amides is 2. The molecule has 28 heavy (non-hydrogen) atoms. The maximum atomic E-state index is 12.3. The number of benzene rings is 1. The summed E-state index contributed by atoms with van der Waals surface area (Å²) in [6, 6.07) is 6.38. The lowest BCUT2D eigenvalue weighted by atomic mass is 9.94. The van der Waals surface area contributed by atoms with Crippen LogP contribution in [0, 0.1) is 0 Å². The largest absolute Gasteiger partial charge is 0.372 e. The molecule has 7 nitrogen and oxygen atoms in total. The van der Waals surface area contributed by atoms with E-state index in [1.807, 2.05) is 0 Å². The Hall–Kier alpha value is -2.96. The Bertz CT molecular complexity index is 979. The average molecular weight is 377 g/mol. The monoisotopic (exact) mass is 377 g/mol. The van der Waals surface area contributed by atoms with Gasteiger partial charge in [-0.15, -0.1) is 0 Å². The van der Waals surface area contributed by atoms with E-state index in [1.165, 1.54) is 23.2 Å². The highest BCUT2D eigenvalue weighted by atomic mass is 16.2. The summed E-state index contributed by atoms with van der Waals surface area (Å²) in [5, 5.41) is 3.05. The average Bonchev–Trinajstić information content (AvgIpc) is 3.23. The second kappa shape index (κ2) is 6.29. The zero-order chi connectivity index (χ0) is 19.3. The zero-order valence-corrected chi connectivity index (χ0v) is 15.7. The molecule has 144 valence electrons. The summed E-state index contributed by atoms with van der Waals surface area (Å²) in [6.07, 6.45) is 6.69. The van der Waals surface area contributed by atoms with Crippen LogP contribution in [-0.4, -0.2) is 35.4 Å². The van der Waals surface area contributed by atoms with Crippen molar-refractivity contribution in [1.82, 2.24) is 9.97 Å². The number of carbonyl (C=O) groups excluding carboxylic acids is 2. The fraction of sp³-hybridized carbons (Fsp3) is 0.429. The minimum atomic E-state index is -0.248. The number of carbonyl (C=O) groups is 2. The number of aryl methyl sites for hydroxylation is 1. The minimum Gasteiger partial charge on any atom is -0.372 e. The van der Waals surface area contributed by atoms with Gasteiger partial charge in [-0.1, -0.05) is 6.07 Å². The van der Waals surface area contributed by atoms with Crippen LogP contribution in [0.2, 0.25) is 0 Å². The molecule has 6 rings (SSSR count). The van der Waals surface area contributed by atoms with Crippen LogP contribution in [0.4, 0.5) is 11.6 Å². The quantitative estimate of drug-likeness (QED) is 0.779. The summed E-state index contributed by atoms with van der Waals surface area (Å²) in [7, 11) is 0. The van der Waals surface area contributed by atoms with Gasteiger partial charge in [0.15, 0.2) is 0 Å². The maximum Gasteiger partial charge on any atom is 0.235 e. The van der Waals surface area contributed by atoms with E-state index in [0.717, 1.165) is 68.1 Å². The summed E-state index contributed by atoms with van der Waals surface area (Å²) in [5.74, 6) is 1.06. The van der Waals surface area contributed by atoms with Crippen molar-refractivity contribution in [2.75, 3.05) is 23.3 Å². The molecule has 2 amide bonds. The van der Waals surface area contributed by atoms with Gasteiger partial charge < -0.3 is 16.0 Å². The third kappa shape index (κ3) is 2.49. The van der Waals surface area contributed by atoms with Crippen molar-refractivity contribution < 1.29 is 9.59 Å². The van der Waals surface area contributed by atoms with Gasteiger partial charge in [0.25, 0.3) is 0 Å². The predicted molar refractivity (Wildman–Crippen MR) is 106 cm³/mol. The number of aromatic nitrogens is 2. The van der Waals surface area contributed by atoms with Crippen molar-refractivity contribution in [3.63, 3.8) is 0 Å². The van der Waals surface area contributed by atoms with Crippen molar-refractivity contribution in [2.24, 2.45) is 5.73 Å². The number of fused-ring (bicyclic) bond motifs is 3. The smallest absolute Gasteiger partial charge is 0.235 e. The number of rotatable bonds is 2. The Kier molecular flexibility index (Phi) is 3.86. The lowest BCUT2D eigenvalue weighted by Crippen LogP contribution is -2.38. The normalized spacial score (nSPS) is 19.9. The molecule has 1 saturated carbocycles. The first-order chi connectivity index (χ1) is 13.7. The molecule has 2 fully saturated rings. The molecule has 0 radical (unpaired) electrons. The lowest BCUT2D eigenvalue weighted by molar-refractivity contribution is -0.117. The van der Waals surface area contributed by atoms with Gasteiger partial charge in [-0.05, 0) is 56.2 Å². The standard InChI is InChI=1S/C20H20N4O.CH3NO/c25-18-20(7-8-20)14-11-12(5-6-16(14)21-18)17-13-3-1-4-15(13)22-19(23-17)24-9-2-10-24;2-1-3/h5-6,11H,1-4,7-10H2,(H,21,25);1H,(H2,2,3). The number of nitrogens with two attached hydrogens (primary N) is 1. The molecular formula is C21H23N5O2. The first kappa shape index (κ1) is 17.2. The van der Waals surface area contributed by atoms with Gasteiger partial charge in [-0.2, -0.15) is 0 Å². The fourth-order valence-corrected chi connectivity index (χ4v) is 4.50. The number of nitrogens with zero attached hydrogens (tertiary/aromatic N) is 3. The Morgan fingerprint density at radius 3 is 2.61 bits per heavy atom. The number of primary amides is 1. The van der Waals surface area contributed by atoms with Gasteiger partial charge in [-0.3, -0.25) is 9.59 Å². The highest BCUT2D eigenvalue weighted by molar-refractivity contribution is 6.08.